The molecule has 3 aromatic rings. The smallest absolute Gasteiger partial charge is 0.383 e. The number of aromatic nitrogens is 2. The van der Waals surface area contributed by atoms with Crippen molar-refractivity contribution in [2.75, 3.05) is 25.5 Å². The summed E-state index contributed by atoms with van der Waals surface area (Å²) in [7, 11) is 0. The Morgan fingerprint density at radius 2 is 1.74 bits per heavy atom. The Morgan fingerprint density at radius 3 is 2.47 bits per heavy atom. The SMILES string of the molecule is Nc1ncc(-c2ccc(C3CCOCC3)c([C@@H]3CCCN3)c2)cc1-c1ccnc(C(F)(F)F)c1. The normalized spacial score (nSPS) is 19.4. The molecule has 2 aromatic heterocycles. The summed E-state index contributed by atoms with van der Waals surface area (Å²) in [5, 5.41) is 3.62. The molecule has 0 aliphatic carbocycles. The summed E-state index contributed by atoms with van der Waals surface area (Å²) in [6.07, 6.45) is 2.55. The van der Waals surface area contributed by atoms with Gasteiger partial charge in [0, 0.05) is 42.8 Å². The van der Waals surface area contributed by atoms with Crippen molar-refractivity contribution in [1.82, 2.24) is 15.3 Å². The Hall–Kier alpha value is -2.97. The molecule has 4 heterocycles. The monoisotopic (exact) mass is 468 g/mol. The molecule has 1 aromatic carbocycles. The Labute approximate surface area is 196 Å². The molecule has 34 heavy (non-hydrogen) atoms. The van der Waals surface area contributed by atoms with Gasteiger partial charge >= 0.3 is 6.18 Å². The van der Waals surface area contributed by atoms with Crippen molar-refractivity contribution in [1.29, 1.82) is 0 Å². The van der Waals surface area contributed by atoms with Gasteiger partial charge in [-0.25, -0.2) is 4.98 Å². The standard InChI is InChI=1S/C26H27F3N4O/c27-26(28,29)24-14-18(5-9-32-24)21-13-19(15-33-25(21)30)17-3-4-20(16-6-10-34-11-7-16)22(12-17)23-2-1-8-31-23/h3-5,9,12-16,23,31H,1-2,6-8,10-11H2,(H2,30,33)/t23-/m0/s1. The molecular formula is C26H27F3N4O. The van der Waals surface area contributed by atoms with Gasteiger partial charge in [-0.1, -0.05) is 12.1 Å². The van der Waals surface area contributed by atoms with Crippen molar-refractivity contribution in [3.8, 4) is 22.3 Å². The summed E-state index contributed by atoms with van der Waals surface area (Å²) >= 11 is 0. The van der Waals surface area contributed by atoms with E-state index in [1.807, 2.05) is 6.07 Å². The van der Waals surface area contributed by atoms with E-state index in [4.69, 9.17) is 10.5 Å². The zero-order chi connectivity index (χ0) is 23.7. The van der Waals surface area contributed by atoms with E-state index in [0.717, 1.165) is 68.8 Å². The van der Waals surface area contributed by atoms with Crippen LogP contribution in [0, 0.1) is 0 Å². The minimum absolute atomic E-state index is 0.180. The highest BCUT2D eigenvalue weighted by Crippen LogP contribution is 2.39. The van der Waals surface area contributed by atoms with Crippen molar-refractivity contribution in [3.63, 3.8) is 0 Å². The lowest BCUT2D eigenvalue weighted by atomic mass is 9.84. The molecule has 0 unspecified atom stereocenters. The van der Waals surface area contributed by atoms with Gasteiger partial charge in [0.1, 0.15) is 11.5 Å². The molecule has 5 nitrogen and oxygen atoms in total. The highest BCUT2D eigenvalue weighted by atomic mass is 19.4. The van der Waals surface area contributed by atoms with Crippen LogP contribution >= 0.6 is 0 Å². The number of nitrogens with zero attached hydrogens (tertiary/aromatic N) is 2. The number of hydrogen-bond donors (Lipinski definition) is 2. The Kier molecular flexibility index (Phi) is 6.27. The highest BCUT2D eigenvalue weighted by molar-refractivity contribution is 5.79. The van der Waals surface area contributed by atoms with E-state index >= 15 is 0 Å². The summed E-state index contributed by atoms with van der Waals surface area (Å²) in [5.74, 6) is 0.650. The average Bonchev–Trinajstić information content (AvgIpc) is 3.39. The van der Waals surface area contributed by atoms with Crippen LogP contribution in [0.3, 0.4) is 0 Å². The number of anilines is 1. The number of benzene rings is 1. The van der Waals surface area contributed by atoms with Gasteiger partial charge in [-0.3, -0.25) is 4.98 Å². The lowest BCUT2D eigenvalue weighted by Gasteiger charge is -2.27. The summed E-state index contributed by atoms with van der Waals surface area (Å²) in [6.45, 7) is 2.56. The van der Waals surface area contributed by atoms with Crippen molar-refractivity contribution < 1.29 is 17.9 Å². The molecule has 1 atom stereocenters. The number of nitrogens with one attached hydrogen (secondary N) is 1. The second-order valence-electron chi connectivity index (χ2n) is 8.96. The van der Waals surface area contributed by atoms with E-state index in [1.165, 1.54) is 17.2 Å². The van der Waals surface area contributed by atoms with Crippen LogP contribution in [0.15, 0.2) is 48.8 Å². The zero-order valence-electron chi connectivity index (χ0n) is 18.7. The highest BCUT2D eigenvalue weighted by Gasteiger charge is 2.32. The molecule has 0 bridgehead atoms. The molecule has 0 amide bonds. The van der Waals surface area contributed by atoms with Crippen LogP contribution in [-0.4, -0.2) is 29.7 Å². The van der Waals surface area contributed by atoms with Gasteiger partial charge in [-0.05, 0) is 84.7 Å². The molecule has 2 fully saturated rings. The molecule has 0 radical (unpaired) electrons. The third kappa shape index (κ3) is 4.65. The number of pyridine rings is 2. The Morgan fingerprint density at radius 1 is 0.912 bits per heavy atom. The predicted octanol–water partition coefficient (Wildman–Crippen LogP) is 5.73. The minimum atomic E-state index is -4.53. The van der Waals surface area contributed by atoms with Crippen molar-refractivity contribution in [2.24, 2.45) is 0 Å². The second kappa shape index (κ2) is 9.35. The largest absolute Gasteiger partial charge is 0.433 e. The second-order valence-corrected chi connectivity index (χ2v) is 8.96. The maximum Gasteiger partial charge on any atom is 0.433 e. The van der Waals surface area contributed by atoms with Gasteiger partial charge < -0.3 is 15.8 Å². The molecule has 0 spiro atoms. The van der Waals surface area contributed by atoms with E-state index in [2.05, 4.69) is 33.5 Å². The number of hydrogen-bond acceptors (Lipinski definition) is 5. The molecule has 3 N–H and O–H groups in total. The van der Waals surface area contributed by atoms with E-state index in [-0.39, 0.29) is 5.82 Å². The van der Waals surface area contributed by atoms with Crippen LogP contribution in [0.1, 0.15) is 54.5 Å². The Bertz CT molecular complexity index is 1170. The van der Waals surface area contributed by atoms with E-state index in [1.54, 1.807) is 6.20 Å². The molecule has 178 valence electrons. The summed E-state index contributed by atoms with van der Waals surface area (Å²) in [5.41, 5.74) is 10.4. The third-order valence-corrected chi connectivity index (χ3v) is 6.80. The summed E-state index contributed by atoms with van der Waals surface area (Å²) in [4.78, 5) is 7.76. The van der Waals surface area contributed by atoms with E-state index < -0.39 is 11.9 Å². The van der Waals surface area contributed by atoms with Gasteiger partial charge in [0.2, 0.25) is 0 Å². The van der Waals surface area contributed by atoms with Gasteiger partial charge in [0.05, 0.1) is 0 Å². The zero-order valence-corrected chi connectivity index (χ0v) is 18.7. The molecule has 5 rings (SSSR count). The molecular weight excluding hydrogens is 441 g/mol. The van der Waals surface area contributed by atoms with E-state index in [0.29, 0.717) is 23.1 Å². The molecule has 0 saturated carbocycles. The first-order chi connectivity index (χ1) is 16.4. The number of rotatable bonds is 4. The first-order valence-corrected chi connectivity index (χ1v) is 11.6. The quantitative estimate of drug-likeness (QED) is 0.512. The van der Waals surface area contributed by atoms with Crippen molar-refractivity contribution in [2.45, 2.75) is 43.8 Å². The molecule has 2 aliphatic rings. The van der Waals surface area contributed by atoms with Crippen LogP contribution in [0.4, 0.5) is 19.0 Å². The fourth-order valence-corrected chi connectivity index (χ4v) is 5.00. The van der Waals surface area contributed by atoms with Gasteiger partial charge in [-0.2, -0.15) is 13.2 Å². The maximum atomic E-state index is 13.2. The van der Waals surface area contributed by atoms with E-state index in [9.17, 15) is 13.2 Å². The number of ether oxygens (including phenoxy) is 1. The lowest BCUT2D eigenvalue weighted by molar-refractivity contribution is -0.141. The predicted molar refractivity (Wildman–Crippen MR) is 125 cm³/mol. The first kappa shape index (κ1) is 22.8. The van der Waals surface area contributed by atoms with Crippen molar-refractivity contribution in [3.05, 3.63) is 65.6 Å². The van der Waals surface area contributed by atoms with Crippen LogP contribution in [0.5, 0.6) is 0 Å². The first-order valence-electron chi connectivity index (χ1n) is 11.6. The van der Waals surface area contributed by atoms with Crippen molar-refractivity contribution >= 4 is 5.82 Å². The molecule has 8 heteroatoms. The summed E-state index contributed by atoms with van der Waals surface area (Å²) in [6, 6.07) is 11.1. The van der Waals surface area contributed by atoms with Gasteiger partial charge in [-0.15, -0.1) is 0 Å². The maximum absolute atomic E-state index is 13.2. The van der Waals surface area contributed by atoms with Crippen LogP contribution in [0.2, 0.25) is 0 Å². The number of nitrogen functional groups attached to an aromatic ring is 1. The lowest BCUT2D eigenvalue weighted by Crippen LogP contribution is -2.19. The fourth-order valence-electron chi connectivity index (χ4n) is 5.00. The molecule has 2 saturated heterocycles. The molecule has 2 aliphatic heterocycles. The average molecular weight is 469 g/mol. The van der Waals surface area contributed by atoms with Gasteiger partial charge in [0.25, 0.3) is 0 Å². The number of nitrogens with two attached hydrogens (primary N) is 1. The van der Waals surface area contributed by atoms with Crippen LogP contribution in [0.25, 0.3) is 22.3 Å². The van der Waals surface area contributed by atoms with Crippen LogP contribution in [-0.2, 0) is 10.9 Å². The summed E-state index contributed by atoms with van der Waals surface area (Å²) < 4.78 is 45.1. The Balaban J connectivity index is 1.55. The number of halogens is 3. The third-order valence-electron chi connectivity index (χ3n) is 6.80. The number of alkyl halides is 3. The fraction of sp³-hybridized carbons (Fsp3) is 0.385. The van der Waals surface area contributed by atoms with Gasteiger partial charge in [0.15, 0.2) is 0 Å². The topological polar surface area (TPSA) is 73.1 Å². The van der Waals surface area contributed by atoms with Crippen LogP contribution < -0.4 is 11.1 Å². The minimum Gasteiger partial charge on any atom is -0.383 e.